The number of aliphatic hydroxyl groups is 1. The van der Waals surface area contributed by atoms with E-state index in [2.05, 4.69) is 0 Å². The molecule has 7 nitrogen and oxygen atoms in total. The van der Waals surface area contributed by atoms with Crippen LogP contribution < -0.4 is 10.5 Å². The van der Waals surface area contributed by atoms with E-state index >= 15 is 0 Å². The van der Waals surface area contributed by atoms with Gasteiger partial charge < -0.3 is 25.8 Å². The molecule has 1 aromatic rings. The second-order valence-electron chi connectivity index (χ2n) is 4.90. The second-order valence-corrected chi connectivity index (χ2v) is 4.90. The summed E-state index contributed by atoms with van der Waals surface area (Å²) in [5, 5.41) is 27.8. The summed E-state index contributed by atoms with van der Waals surface area (Å²) < 4.78 is 4.87. The maximum absolute atomic E-state index is 11.5. The van der Waals surface area contributed by atoms with Crippen molar-refractivity contribution in [3.8, 4) is 11.5 Å². The average molecular weight is 283 g/mol. The molecule has 0 saturated carbocycles. The van der Waals surface area contributed by atoms with Gasteiger partial charge >= 0.3 is 11.9 Å². The van der Waals surface area contributed by atoms with Crippen molar-refractivity contribution in [3.05, 3.63) is 23.8 Å². The first-order valence-electron chi connectivity index (χ1n) is 5.86. The molecule has 20 heavy (non-hydrogen) atoms. The van der Waals surface area contributed by atoms with Gasteiger partial charge in [-0.3, -0.25) is 4.79 Å². The largest absolute Gasteiger partial charge is 0.504 e. The third kappa shape index (κ3) is 4.22. The van der Waals surface area contributed by atoms with Crippen molar-refractivity contribution in [1.29, 1.82) is 0 Å². The van der Waals surface area contributed by atoms with Crippen LogP contribution in [0.25, 0.3) is 0 Å². The molecular weight excluding hydrogens is 266 g/mol. The SMILES string of the molecule is CC(C)(O)C(=O)Oc1cc(C[C@H](N)C(=O)O)ccc1O. The van der Waals surface area contributed by atoms with Crippen LogP contribution in [0.15, 0.2) is 18.2 Å². The molecule has 7 heteroatoms. The molecule has 0 saturated heterocycles. The van der Waals surface area contributed by atoms with Crippen LogP contribution in [0, 0.1) is 0 Å². The molecule has 1 atom stereocenters. The van der Waals surface area contributed by atoms with Crippen LogP contribution in [0.5, 0.6) is 11.5 Å². The van der Waals surface area contributed by atoms with Gasteiger partial charge in [-0.25, -0.2) is 4.79 Å². The van der Waals surface area contributed by atoms with Crippen molar-refractivity contribution in [3.63, 3.8) is 0 Å². The zero-order chi connectivity index (χ0) is 15.5. The second kappa shape index (κ2) is 5.89. The van der Waals surface area contributed by atoms with Crippen molar-refractivity contribution in [1.82, 2.24) is 0 Å². The Morgan fingerprint density at radius 2 is 2.00 bits per heavy atom. The zero-order valence-electron chi connectivity index (χ0n) is 11.2. The fourth-order valence-electron chi connectivity index (χ4n) is 1.33. The predicted molar refractivity (Wildman–Crippen MR) is 69.4 cm³/mol. The van der Waals surface area contributed by atoms with E-state index in [1.54, 1.807) is 0 Å². The number of hydrogen-bond donors (Lipinski definition) is 4. The minimum absolute atomic E-state index is 0.0165. The van der Waals surface area contributed by atoms with E-state index in [1.807, 2.05) is 0 Å². The molecule has 0 spiro atoms. The molecule has 5 N–H and O–H groups in total. The van der Waals surface area contributed by atoms with Gasteiger partial charge in [0.1, 0.15) is 6.04 Å². The molecule has 0 heterocycles. The van der Waals surface area contributed by atoms with E-state index in [0.717, 1.165) is 0 Å². The van der Waals surface area contributed by atoms with Crippen molar-refractivity contribution >= 4 is 11.9 Å². The molecule has 0 fully saturated rings. The van der Waals surface area contributed by atoms with Crippen LogP contribution >= 0.6 is 0 Å². The number of phenolic OH excluding ortho intramolecular Hbond substituents is 1. The topological polar surface area (TPSA) is 130 Å². The molecular formula is C13H17NO6. The lowest BCUT2D eigenvalue weighted by molar-refractivity contribution is -0.151. The molecule has 1 rings (SSSR count). The van der Waals surface area contributed by atoms with Crippen molar-refractivity contribution < 1.29 is 29.6 Å². The summed E-state index contributed by atoms with van der Waals surface area (Å²) >= 11 is 0. The van der Waals surface area contributed by atoms with Crippen LogP contribution in [0.4, 0.5) is 0 Å². The number of aliphatic carboxylic acids is 1. The van der Waals surface area contributed by atoms with E-state index in [1.165, 1.54) is 32.0 Å². The Morgan fingerprint density at radius 3 is 2.50 bits per heavy atom. The number of carboxylic acid groups (broad SMARTS) is 1. The highest BCUT2D eigenvalue weighted by atomic mass is 16.6. The van der Waals surface area contributed by atoms with Crippen LogP contribution in [-0.2, 0) is 16.0 Å². The van der Waals surface area contributed by atoms with E-state index < -0.39 is 23.6 Å². The highest BCUT2D eigenvalue weighted by Gasteiger charge is 2.27. The van der Waals surface area contributed by atoms with Crippen LogP contribution in [-0.4, -0.2) is 38.9 Å². The number of carbonyl (C=O) groups excluding carboxylic acids is 1. The first kappa shape index (κ1) is 15.9. The number of aromatic hydroxyl groups is 1. The predicted octanol–water partition coefficient (Wildman–Crippen LogP) is 0.0229. The molecule has 0 bridgehead atoms. The Hall–Kier alpha value is -2.12. The highest BCUT2D eigenvalue weighted by molar-refractivity contribution is 5.81. The van der Waals surface area contributed by atoms with Crippen LogP contribution in [0.3, 0.4) is 0 Å². The number of carboxylic acids is 1. The number of carbonyl (C=O) groups is 2. The summed E-state index contributed by atoms with van der Waals surface area (Å²) in [6.45, 7) is 2.49. The number of phenols is 1. The molecule has 0 aliphatic rings. The van der Waals surface area contributed by atoms with E-state index in [-0.39, 0.29) is 17.9 Å². The first-order valence-corrected chi connectivity index (χ1v) is 5.86. The van der Waals surface area contributed by atoms with Crippen molar-refractivity contribution in [2.75, 3.05) is 0 Å². The van der Waals surface area contributed by atoms with Crippen molar-refractivity contribution in [2.24, 2.45) is 5.73 Å². The lowest BCUT2D eigenvalue weighted by Gasteiger charge is -2.16. The van der Waals surface area contributed by atoms with Crippen molar-refractivity contribution in [2.45, 2.75) is 31.9 Å². The fraction of sp³-hybridized carbons (Fsp3) is 0.385. The molecule has 0 aliphatic heterocycles. The smallest absolute Gasteiger partial charge is 0.343 e. The fourth-order valence-corrected chi connectivity index (χ4v) is 1.33. The van der Waals surface area contributed by atoms with Gasteiger partial charge in [0.2, 0.25) is 0 Å². The summed E-state index contributed by atoms with van der Waals surface area (Å²) in [4.78, 5) is 22.2. The Bertz CT molecular complexity index is 520. The summed E-state index contributed by atoms with van der Waals surface area (Å²) in [7, 11) is 0. The number of rotatable bonds is 5. The molecule has 0 aliphatic carbocycles. The lowest BCUT2D eigenvalue weighted by atomic mass is 10.1. The third-order valence-corrected chi connectivity index (χ3v) is 2.50. The molecule has 0 radical (unpaired) electrons. The average Bonchev–Trinajstić information content (AvgIpc) is 2.31. The Labute approximate surface area is 115 Å². The van der Waals surface area contributed by atoms with Gasteiger partial charge in [0.05, 0.1) is 0 Å². The van der Waals surface area contributed by atoms with Gasteiger partial charge in [-0.15, -0.1) is 0 Å². The maximum atomic E-state index is 11.5. The number of benzene rings is 1. The van der Waals surface area contributed by atoms with Crippen LogP contribution in [0.2, 0.25) is 0 Å². The maximum Gasteiger partial charge on any atom is 0.343 e. The summed E-state index contributed by atoms with van der Waals surface area (Å²) in [5.74, 6) is -2.55. The van der Waals surface area contributed by atoms with Gasteiger partial charge in [0, 0.05) is 0 Å². The molecule has 1 aromatic carbocycles. The third-order valence-electron chi connectivity index (χ3n) is 2.50. The molecule has 0 amide bonds. The highest BCUT2D eigenvalue weighted by Crippen LogP contribution is 2.28. The van der Waals surface area contributed by atoms with Crippen LogP contribution in [0.1, 0.15) is 19.4 Å². The summed E-state index contributed by atoms with van der Waals surface area (Å²) in [6, 6.07) is 2.94. The quantitative estimate of drug-likeness (QED) is 0.442. The lowest BCUT2D eigenvalue weighted by Crippen LogP contribution is -2.35. The first-order chi connectivity index (χ1) is 9.11. The summed E-state index contributed by atoms with van der Waals surface area (Å²) in [5.41, 5.74) is 4.17. The minimum atomic E-state index is -1.71. The number of esters is 1. The monoisotopic (exact) mass is 283 g/mol. The van der Waals surface area contributed by atoms with E-state index in [9.17, 15) is 19.8 Å². The molecule has 0 aromatic heterocycles. The zero-order valence-corrected chi connectivity index (χ0v) is 11.2. The Kier molecular flexibility index (Phi) is 4.69. The van der Waals surface area contributed by atoms with Gasteiger partial charge in [-0.1, -0.05) is 6.07 Å². The van der Waals surface area contributed by atoms with Gasteiger partial charge in [-0.2, -0.15) is 0 Å². The van der Waals surface area contributed by atoms with Gasteiger partial charge in [0.15, 0.2) is 17.1 Å². The number of nitrogens with two attached hydrogens (primary N) is 1. The molecule has 0 unspecified atom stereocenters. The minimum Gasteiger partial charge on any atom is -0.504 e. The van der Waals surface area contributed by atoms with E-state index in [4.69, 9.17) is 15.6 Å². The molecule has 110 valence electrons. The standard InChI is InChI=1S/C13H17NO6/c1-13(2,19)12(18)20-10-6-7(3-4-9(10)15)5-8(14)11(16)17/h3-4,6,8,15,19H,5,14H2,1-2H3,(H,16,17)/t8-/m0/s1. The number of hydrogen-bond acceptors (Lipinski definition) is 6. The normalized spacial score (nSPS) is 12.8. The van der Waals surface area contributed by atoms with E-state index in [0.29, 0.717) is 5.56 Å². The van der Waals surface area contributed by atoms with Gasteiger partial charge in [-0.05, 0) is 38.0 Å². The summed E-state index contributed by atoms with van der Waals surface area (Å²) in [6.07, 6.45) is 0.0165. The Morgan fingerprint density at radius 1 is 1.40 bits per heavy atom. The number of ether oxygens (including phenoxy) is 1. The van der Waals surface area contributed by atoms with Gasteiger partial charge in [0.25, 0.3) is 0 Å². The Balaban J connectivity index is 2.92.